The molecule has 0 saturated carbocycles. The molecule has 3 aromatic rings. The van der Waals surface area contributed by atoms with E-state index in [4.69, 9.17) is 0 Å². The Morgan fingerprint density at radius 3 is 2.63 bits per heavy atom. The minimum atomic E-state index is 1.07. The highest BCUT2D eigenvalue weighted by Crippen LogP contribution is 2.21. The third-order valence-electron chi connectivity index (χ3n) is 3.44. The molecule has 0 bridgehead atoms. The van der Waals surface area contributed by atoms with Gasteiger partial charge in [0.05, 0.1) is 0 Å². The van der Waals surface area contributed by atoms with Gasteiger partial charge in [0.25, 0.3) is 0 Å². The van der Waals surface area contributed by atoms with Crippen molar-refractivity contribution in [2.24, 2.45) is 0 Å². The van der Waals surface area contributed by atoms with E-state index in [9.17, 15) is 0 Å². The molecule has 0 atom stereocenters. The van der Waals surface area contributed by atoms with Gasteiger partial charge in [-0.3, -0.25) is 0 Å². The summed E-state index contributed by atoms with van der Waals surface area (Å²) in [5, 5.41) is 1.30. The van der Waals surface area contributed by atoms with Crippen LogP contribution in [-0.4, -0.2) is 4.57 Å². The number of fused-ring (bicyclic) bond motifs is 1. The first-order valence-electron chi connectivity index (χ1n) is 6.61. The summed E-state index contributed by atoms with van der Waals surface area (Å²) >= 11 is 3.52. The van der Waals surface area contributed by atoms with Crippen LogP contribution >= 0.6 is 15.9 Å². The third kappa shape index (κ3) is 2.90. The zero-order valence-corrected chi connectivity index (χ0v) is 12.3. The van der Waals surface area contributed by atoms with Crippen molar-refractivity contribution >= 4 is 26.8 Å². The lowest BCUT2D eigenvalue weighted by Crippen LogP contribution is -1.97. The van der Waals surface area contributed by atoms with Crippen molar-refractivity contribution in [3.8, 4) is 0 Å². The van der Waals surface area contributed by atoms with Gasteiger partial charge in [0.1, 0.15) is 0 Å². The Morgan fingerprint density at radius 2 is 1.79 bits per heavy atom. The fourth-order valence-corrected chi connectivity index (χ4v) is 2.84. The molecule has 0 amide bonds. The summed E-state index contributed by atoms with van der Waals surface area (Å²) in [4.78, 5) is 0. The fraction of sp³-hybridized carbons (Fsp3) is 0.176. The van der Waals surface area contributed by atoms with Gasteiger partial charge >= 0.3 is 0 Å². The van der Waals surface area contributed by atoms with Crippen LogP contribution in [0.5, 0.6) is 0 Å². The highest BCUT2D eigenvalue weighted by atomic mass is 79.9. The molecule has 0 N–H and O–H groups in total. The molecular formula is C17H16BrN. The lowest BCUT2D eigenvalue weighted by molar-refractivity contribution is 0.662. The summed E-state index contributed by atoms with van der Waals surface area (Å²) in [7, 11) is 0. The Balaban J connectivity index is 1.69. The van der Waals surface area contributed by atoms with Gasteiger partial charge in [-0.05, 0) is 42.7 Å². The highest BCUT2D eigenvalue weighted by molar-refractivity contribution is 9.10. The normalized spacial score (nSPS) is 11.0. The van der Waals surface area contributed by atoms with Gasteiger partial charge in [0.2, 0.25) is 0 Å². The standard InChI is InChI=1S/C17H16BrN/c18-16-8-9-17-15(13-16)10-12-19(17)11-4-7-14-5-2-1-3-6-14/h1-3,5-6,8-10,12-13H,4,7,11H2. The summed E-state index contributed by atoms with van der Waals surface area (Å²) in [5.41, 5.74) is 2.73. The largest absolute Gasteiger partial charge is 0.347 e. The molecule has 1 nitrogen and oxygen atoms in total. The zero-order valence-electron chi connectivity index (χ0n) is 10.7. The zero-order chi connectivity index (χ0) is 13.1. The minimum absolute atomic E-state index is 1.07. The smallest absolute Gasteiger partial charge is 0.0481 e. The van der Waals surface area contributed by atoms with Gasteiger partial charge < -0.3 is 4.57 Å². The second-order valence-electron chi connectivity index (χ2n) is 4.80. The summed E-state index contributed by atoms with van der Waals surface area (Å²) in [6.45, 7) is 1.07. The summed E-state index contributed by atoms with van der Waals surface area (Å²) < 4.78 is 3.48. The van der Waals surface area contributed by atoms with Crippen LogP contribution in [0.2, 0.25) is 0 Å². The van der Waals surface area contributed by atoms with E-state index < -0.39 is 0 Å². The predicted octanol–water partition coefficient (Wildman–Crippen LogP) is 5.04. The van der Waals surface area contributed by atoms with Crippen LogP contribution in [0.4, 0.5) is 0 Å². The molecule has 0 saturated heterocycles. The second kappa shape index (κ2) is 5.62. The van der Waals surface area contributed by atoms with Crippen LogP contribution in [0.3, 0.4) is 0 Å². The van der Waals surface area contributed by atoms with Gasteiger partial charge in [-0.15, -0.1) is 0 Å². The van der Waals surface area contributed by atoms with E-state index in [1.165, 1.54) is 22.9 Å². The van der Waals surface area contributed by atoms with Gasteiger partial charge in [-0.2, -0.15) is 0 Å². The number of hydrogen-bond acceptors (Lipinski definition) is 0. The predicted molar refractivity (Wildman–Crippen MR) is 84.4 cm³/mol. The van der Waals surface area contributed by atoms with Crippen molar-refractivity contribution < 1.29 is 0 Å². The van der Waals surface area contributed by atoms with E-state index in [1.807, 2.05) is 0 Å². The molecule has 0 aliphatic heterocycles. The van der Waals surface area contributed by atoms with Crippen molar-refractivity contribution in [3.63, 3.8) is 0 Å². The Bertz CT molecular complexity index is 670. The summed E-state index contributed by atoms with van der Waals surface area (Å²) in [6, 6.07) is 19.3. The molecule has 96 valence electrons. The molecule has 2 heteroatoms. The molecule has 1 heterocycles. The molecule has 0 unspecified atom stereocenters. The average molecular weight is 314 g/mol. The van der Waals surface area contributed by atoms with Crippen LogP contribution in [-0.2, 0) is 13.0 Å². The van der Waals surface area contributed by atoms with Crippen molar-refractivity contribution in [3.05, 3.63) is 70.8 Å². The number of aromatic nitrogens is 1. The molecule has 0 fully saturated rings. The van der Waals surface area contributed by atoms with Crippen molar-refractivity contribution in [1.29, 1.82) is 0 Å². The van der Waals surface area contributed by atoms with Gasteiger partial charge in [-0.25, -0.2) is 0 Å². The fourth-order valence-electron chi connectivity index (χ4n) is 2.46. The van der Waals surface area contributed by atoms with Crippen LogP contribution in [0, 0.1) is 0 Å². The first-order chi connectivity index (χ1) is 9.33. The third-order valence-corrected chi connectivity index (χ3v) is 3.93. The Morgan fingerprint density at radius 1 is 0.947 bits per heavy atom. The molecule has 2 aromatic carbocycles. The lowest BCUT2D eigenvalue weighted by atomic mass is 10.1. The van der Waals surface area contributed by atoms with E-state index in [0.717, 1.165) is 17.4 Å². The average Bonchev–Trinajstić information content (AvgIpc) is 2.82. The van der Waals surface area contributed by atoms with Crippen molar-refractivity contribution in [2.75, 3.05) is 0 Å². The molecule has 0 spiro atoms. The summed E-state index contributed by atoms with van der Waals surface area (Å²) in [6.07, 6.45) is 4.49. The number of nitrogens with zero attached hydrogens (tertiary/aromatic N) is 1. The Kier molecular flexibility index (Phi) is 3.69. The van der Waals surface area contributed by atoms with E-state index in [1.54, 1.807) is 0 Å². The van der Waals surface area contributed by atoms with E-state index >= 15 is 0 Å². The molecule has 0 aliphatic carbocycles. The molecule has 1 aromatic heterocycles. The van der Waals surface area contributed by atoms with Gasteiger partial charge in [0, 0.05) is 28.1 Å². The maximum atomic E-state index is 3.52. The van der Waals surface area contributed by atoms with Gasteiger partial charge in [0.15, 0.2) is 0 Å². The quantitative estimate of drug-likeness (QED) is 0.636. The van der Waals surface area contributed by atoms with Crippen LogP contribution < -0.4 is 0 Å². The first kappa shape index (κ1) is 12.5. The molecular weight excluding hydrogens is 298 g/mol. The Labute approximate surface area is 122 Å². The van der Waals surface area contributed by atoms with Crippen LogP contribution in [0.25, 0.3) is 10.9 Å². The molecule has 0 radical (unpaired) electrons. The van der Waals surface area contributed by atoms with Crippen LogP contribution in [0.15, 0.2) is 65.3 Å². The molecule has 0 aliphatic rings. The topological polar surface area (TPSA) is 4.93 Å². The highest BCUT2D eigenvalue weighted by Gasteiger charge is 2.01. The number of aryl methyl sites for hydroxylation is 2. The number of rotatable bonds is 4. The minimum Gasteiger partial charge on any atom is -0.347 e. The SMILES string of the molecule is Brc1ccc2c(ccn2CCCc2ccccc2)c1. The monoisotopic (exact) mass is 313 g/mol. The number of hydrogen-bond donors (Lipinski definition) is 0. The Hall–Kier alpha value is -1.54. The van der Waals surface area contributed by atoms with Gasteiger partial charge in [-0.1, -0.05) is 46.3 Å². The number of halogens is 1. The van der Waals surface area contributed by atoms with Crippen LogP contribution in [0.1, 0.15) is 12.0 Å². The second-order valence-corrected chi connectivity index (χ2v) is 5.72. The number of benzene rings is 2. The summed E-state index contributed by atoms with van der Waals surface area (Å²) in [5.74, 6) is 0. The van der Waals surface area contributed by atoms with Crippen molar-refractivity contribution in [2.45, 2.75) is 19.4 Å². The van der Waals surface area contributed by atoms with E-state index in [-0.39, 0.29) is 0 Å². The first-order valence-corrected chi connectivity index (χ1v) is 7.40. The maximum absolute atomic E-state index is 3.52. The van der Waals surface area contributed by atoms with E-state index in [0.29, 0.717) is 0 Å². The molecule has 3 rings (SSSR count). The van der Waals surface area contributed by atoms with E-state index in [2.05, 4.69) is 81.3 Å². The molecule has 19 heavy (non-hydrogen) atoms. The lowest BCUT2D eigenvalue weighted by Gasteiger charge is -2.06. The van der Waals surface area contributed by atoms with Crippen molar-refractivity contribution in [1.82, 2.24) is 4.57 Å². The maximum Gasteiger partial charge on any atom is 0.0481 e.